The lowest BCUT2D eigenvalue weighted by atomic mass is 9.70. The minimum atomic E-state index is -1.19. The Hall–Kier alpha value is -2.23. The number of likely N-dealkylation sites (tertiary alicyclic amines) is 1. The minimum Gasteiger partial charge on any atom is -0.466 e. The van der Waals surface area contributed by atoms with E-state index < -0.39 is 41.6 Å². The van der Waals surface area contributed by atoms with Crippen LogP contribution < -0.4 is 0 Å². The van der Waals surface area contributed by atoms with Crippen LogP contribution in [0.3, 0.4) is 0 Å². The van der Waals surface area contributed by atoms with E-state index in [1.807, 2.05) is 44.2 Å². The lowest BCUT2D eigenvalue weighted by molar-refractivity contribution is -0.157. The van der Waals surface area contributed by atoms with E-state index in [-0.39, 0.29) is 42.3 Å². The first-order valence-electron chi connectivity index (χ1n) is 13.1. The fourth-order valence-electron chi connectivity index (χ4n) is 6.39. The summed E-state index contributed by atoms with van der Waals surface area (Å²) < 4.78 is 11.9. The molecular formula is C28H37BrN2O6. The number of carbonyl (C=O) groups excluding carboxylic acids is 3. The van der Waals surface area contributed by atoms with E-state index in [1.165, 1.54) is 4.90 Å². The highest BCUT2D eigenvalue weighted by molar-refractivity contribution is 9.09. The first kappa shape index (κ1) is 27.8. The molecule has 202 valence electrons. The van der Waals surface area contributed by atoms with Crippen LogP contribution in [0.2, 0.25) is 0 Å². The van der Waals surface area contributed by atoms with Crippen LogP contribution in [0.4, 0.5) is 0 Å². The van der Waals surface area contributed by atoms with E-state index in [4.69, 9.17) is 9.47 Å². The number of rotatable bonds is 11. The molecule has 1 N–H and O–H groups in total. The van der Waals surface area contributed by atoms with Gasteiger partial charge in [0.2, 0.25) is 11.8 Å². The van der Waals surface area contributed by atoms with Crippen LogP contribution in [-0.4, -0.2) is 81.1 Å². The molecule has 3 aliphatic heterocycles. The van der Waals surface area contributed by atoms with Gasteiger partial charge in [0, 0.05) is 17.9 Å². The third kappa shape index (κ3) is 4.63. The number of aliphatic hydroxyl groups is 1. The Labute approximate surface area is 227 Å². The van der Waals surface area contributed by atoms with Crippen molar-refractivity contribution in [2.75, 3.05) is 19.8 Å². The molecule has 37 heavy (non-hydrogen) atoms. The lowest BCUT2D eigenvalue weighted by Gasteiger charge is -2.41. The van der Waals surface area contributed by atoms with Crippen molar-refractivity contribution in [1.29, 1.82) is 0 Å². The zero-order valence-electron chi connectivity index (χ0n) is 21.7. The van der Waals surface area contributed by atoms with Gasteiger partial charge < -0.3 is 24.4 Å². The number of hydrogen-bond donors (Lipinski definition) is 1. The van der Waals surface area contributed by atoms with E-state index in [0.29, 0.717) is 19.4 Å². The minimum absolute atomic E-state index is 0.0699. The number of carbonyl (C=O) groups is 3. The molecule has 3 unspecified atom stereocenters. The van der Waals surface area contributed by atoms with Crippen molar-refractivity contribution < 1.29 is 29.0 Å². The topological polar surface area (TPSA) is 96.4 Å². The largest absolute Gasteiger partial charge is 0.466 e. The second-order valence-electron chi connectivity index (χ2n) is 10.3. The number of hydrogen-bond acceptors (Lipinski definition) is 6. The molecule has 1 aromatic rings. The fourth-order valence-corrected chi connectivity index (χ4v) is 7.33. The Balaban J connectivity index is 1.81. The number of aliphatic hydroxyl groups excluding tert-OH is 1. The number of ether oxygens (including phenoxy) is 2. The predicted molar refractivity (Wildman–Crippen MR) is 142 cm³/mol. The first-order valence-corrected chi connectivity index (χ1v) is 14.0. The van der Waals surface area contributed by atoms with Crippen molar-refractivity contribution in [3.63, 3.8) is 0 Å². The molecule has 8 atom stereocenters. The predicted octanol–water partition coefficient (Wildman–Crippen LogP) is 2.92. The highest BCUT2D eigenvalue weighted by atomic mass is 79.9. The van der Waals surface area contributed by atoms with Crippen molar-refractivity contribution in [3.05, 3.63) is 48.6 Å². The average molecular weight is 578 g/mol. The van der Waals surface area contributed by atoms with E-state index in [0.717, 1.165) is 5.56 Å². The van der Waals surface area contributed by atoms with Crippen molar-refractivity contribution in [3.8, 4) is 0 Å². The van der Waals surface area contributed by atoms with Gasteiger partial charge in [-0.3, -0.25) is 14.4 Å². The monoisotopic (exact) mass is 576 g/mol. The molecule has 3 heterocycles. The number of esters is 1. The van der Waals surface area contributed by atoms with Crippen LogP contribution in [0, 0.1) is 17.8 Å². The molecule has 2 bridgehead atoms. The summed E-state index contributed by atoms with van der Waals surface area (Å²) in [5, 5.41) is 10.4. The average Bonchev–Trinajstić information content (AvgIpc) is 3.48. The molecule has 0 saturated carbocycles. The van der Waals surface area contributed by atoms with Gasteiger partial charge in [-0.2, -0.15) is 0 Å². The Bertz CT molecular complexity index is 1020. The van der Waals surface area contributed by atoms with E-state index in [2.05, 4.69) is 22.5 Å². The van der Waals surface area contributed by atoms with Gasteiger partial charge >= 0.3 is 5.97 Å². The molecule has 0 aliphatic carbocycles. The maximum atomic E-state index is 14.5. The Morgan fingerprint density at radius 3 is 2.65 bits per heavy atom. The Morgan fingerprint density at radius 1 is 1.35 bits per heavy atom. The summed E-state index contributed by atoms with van der Waals surface area (Å²) in [4.78, 5) is 44.8. The third-order valence-electron chi connectivity index (χ3n) is 8.24. The van der Waals surface area contributed by atoms with E-state index in [9.17, 15) is 19.5 Å². The Kier molecular flexibility index (Phi) is 8.45. The summed E-state index contributed by atoms with van der Waals surface area (Å²) in [6.45, 7) is 10.0. The molecule has 2 amide bonds. The van der Waals surface area contributed by atoms with Crippen LogP contribution in [0.5, 0.6) is 0 Å². The molecular weight excluding hydrogens is 540 g/mol. The number of benzene rings is 1. The van der Waals surface area contributed by atoms with Gasteiger partial charge in [-0.25, -0.2) is 0 Å². The van der Waals surface area contributed by atoms with Gasteiger partial charge in [-0.15, -0.1) is 6.58 Å². The van der Waals surface area contributed by atoms with Crippen LogP contribution >= 0.6 is 15.9 Å². The summed E-state index contributed by atoms with van der Waals surface area (Å²) in [5.41, 5.74) is -0.246. The quantitative estimate of drug-likeness (QED) is 0.247. The maximum absolute atomic E-state index is 14.5. The van der Waals surface area contributed by atoms with Crippen molar-refractivity contribution in [2.24, 2.45) is 17.8 Å². The van der Waals surface area contributed by atoms with Gasteiger partial charge in [0.05, 0.1) is 37.2 Å². The third-order valence-corrected chi connectivity index (χ3v) is 9.09. The molecule has 1 aromatic carbocycles. The maximum Gasteiger partial charge on any atom is 0.312 e. The fraction of sp³-hybridized carbons (Fsp3) is 0.607. The highest BCUT2D eigenvalue weighted by Crippen LogP contribution is 2.61. The first-order chi connectivity index (χ1) is 17.7. The SMILES string of the molecule is C=CCN(Cc1ccccc1)C(=O)C1N([C@@H](CO)[C@@H](C)CC)C(=O)[C@@H]2[C@H](C(=O)OCC)[C@H]3OC12CC3Br. The second kappa shape index (κ2) is 11.3. The second-order valence-corrected chi connectivity index (χ2v) is 11.5. The zero-order chi connectivity index (χ0) is 26.9. The highest BCUT2D eigenvalue weighted by Gasteiger charge is 2.77. The molecule has 8 nitrogen and oxygen atoms in total. The van der Waals surface area contributed by atoms with Crippen LogP contribution in [0.1, 0.15) is 39.2 Å². The van der Waals surface area contributed by atoms with Crippen LogP contribution in [0.15, 0.2) is 43.0 Å². The van der Waals surface area contributed by atoms with E-state index >= 15 is 0 Å². The summed E-state index contributed by atoms with van der Waals surface area (Å²) in [5.74, 6) is -2.81. The summed E-state index contributed by atoms with van der Waals surface area (Å²) in [6, 6.07) is 8.06. The summed E-state index contributed by atoms with van der Waals surface area (Å²) >= 11 is 3.67. The van der Waals surface area contributed by atoms with E-state index in [1.54, 1.807) is 17.9 Å². The van der Waals surface area contributed by atoms with Gasteiger partial charge in [-0.1, -0.05) is 72.6 Å². The van der Waals surface area contributed by atoms with Crippen LogP contribution in [-0.2, 0) is 30.4 Å². The molecule has 3 saturated heterocycles. The van der Waals surface area contributed by atoms with Gasteiger partial charge in [0.25, 0.3) is 0 Å². The molecule has 0 radical (unpaired) electrons. The van der Waals surface area contributed by atoms with Gasteiger partial charge in [-0.05, 0) is 24.8 Å². The van der Waals surface area contributed by atoms with Gasteiger partial charge in [0.15, 0.2) is 0 Å². The van der Waals surface area contributed by atoms with Gasteiger partial charge in [0.1, 0.15) is 11.6 Å². The van der Waals surface area contributed by atoms with Crippen molar-refractivity contribution in [2.45, 2.75) is 68.8 Å². The lowest BCUT2D eigenvalue weighted by Crippen LogP contribution is -2.59. The summed E-state index contributed by atoms with van der Waals surface area (Å²) in [7, 11) is 0. The van der Waals surface area contributed by atoms with Crippen LogP contribution in [0.25, 0.3) is 0 Å². The number of nitrogens with zero attached hydrogens (tertiary/aromatic N) is 2. The van der Waals surface area contributed by atoms with Crippen molar-refractivity contribution >= 4 is 33.7 Å². The standard InChI is InChI=1S/C28H37BrN2O6/c1-5-13-30(15-18-11-9-8-10-12-18)26(34)24-28-14-19(29)23(37-28)21(27(35)36-7-3)22(28)25(33)31(24)20(16-32)17(4)6-2/h5,8-12,17,19-24,32H,1,6-7,13-16H2,2-4H3/t17-,19?,20-,21-,22-,23-,24?,28?/m0/s1. The molecule has 3 aliphatic rings. The zero-order valence-corrected chi connectivity index (χ0v) is 23.3. The molecule has 0 aromatic heterocycles. The molecule has 4 rings (SSSR count). The smallest absolute Gasteiger partial charge is 0.312 e. The normalized spacial score (nSPS) is 31.6. The number of halogens is 1. The molecule has 3 fully saturated rings. The molecule has 9 heteroatoms. The number of fused-ring (bicyclic) bond motifs is 1. The molecule has 1 spiro atoms. The number of amides is 2. The number of alkyl halides is 1. The summed E-state index contributed by atoms with van der Waals surface area (Å²) in [6.07, 6.45) is 2.21. The Morgan fingerprint density at radius 2 is 2.05 bits per heavy atom. The van der Waals surface area contributed by atoms with Crippen molar-refractivity contribution in [1.82, 2.24) is 9.80 Å².